The van der Waals surface area contributed by atoms with E-state index in [9.17, 15) is 0 Å². The van der Waals surface area contributed by atoms with Gasteiger partial charge in [0.2, 0.25) is 0 Å². The van der Waals surface area contributed by atoms with Gasteiger partial charge in [0.1, 0.15) is 5.75 Å². The van der Waals surface area contributed by atoms with Gasteiger partial charge in [0.25, 0.3) is 0 Å². The van der Waals surface area contributed by atoms with Crippen molar-refractivity contribution in [1.29, 1.82) is 0 Å². The minimum Gasteiger partial charge on any atom is -0.494 e. The van der Waals surface area contributed by atoms with E-state index in [4.69, 9.17) is 10.5 Å². The van der Waals surface area contributed by atoms with E-state index in [0.29, 0.717) is 6.61 Å². The van der Waals surface area contributed by atoms with E-state index in [1.165, 1.54) is 18.4 Å². The highest BCUT2D eigenvalue weighted by Gasteiger charge is 2.17. The first kappa shape index (κ1) is 11.2. The molecule has 1 atom stereocenters. The second-order valence-corrected chi connectivity index (χ2v) is 4.12. The molecule has 0 radical (unpaired) electrons. The largest absolute Gasteiger partial charge is 0.494 e. The van der Waals surface area contributed by atoms with Crippen LogP contribution in [0.4, 0.5) is 0 Å². The molecule has 2 nitrogen and oxygen atoms in total. The normalized spacial score (nSPS) is 17.0. The Morgan fingerprint density at radius 3 is 2.88 bits per heavy atom. The van der Waals surface area contributed by atoms with Gasteiger partial charge in [0, 0.05) is 5.56 Å². The fraction of sp³-hybridized carbons (Fsp3) is 0.429. The summed E-state index contributed by atoms with van der Waals surface area (Å²) in [5.74, 6) is 0.922. The summed E-state index contributed by atoms with van der Waals surface area (Å²) in [5.41, 5.74) is 8.75. The molecule has 16 heavy (non-hydrogen) atoms. The van der Waals surface area contributed by atoms with Gasteiger partial charge >= 0.3 is 0 Å². The highest BCUT2D eigenvalue weighted by Crippen LogP contribution is 2.33. The number of nitrogens with two attached hydrogens (primary N) is 1. The van der Waals surface area contributed by atoms with Gasteiger partial charge in [-0.1, -0.05) is 29.8 Å². The average Bonchev–Trinajstić information content (AvgIpc) is 2.83. The van der Waals surface area contributed by atoms with Gasteiger partial charge in [-0.3, -0.25) is 0 Å². The van der Waals surface area contributed by atoms with Crippen LogP contribution >= 0.6 is 0 Å². The quantitative estimate of drug-likeness (QED) is 0.786. The molecular weight excluding hydrogens is 198 g/mol. The van der Waals surface area contributed by atoms with E-state index in [1.54, 1.807) is 0 Å². The summed E-state index contributed by atoms with van der Waals surface area (Å²) in [6.07, 6.45) is 5.80. The van der Waals surface area contributed by atoms with E-state index in [-0.39, 0.29) is 6.04 Å². The number of para-hydroxylation sites is 1. The van der Waals surface area contributed by atoms with Gasteiger partial charge in [-0.05, 0) is 32.3 Å². The van der Waals surface area contributed by atoms with Crippen LogP contribution in [0.25, 0.3) is 0 Å². The number of hydrogen-bond acceptors (Lipinski definition) is 2. The zero-order chi connectivity index (χ0) is 11.4. The predicted molar refractivity (Wildman–Crippen MR) is 66.5 cm³/mol. The van der Waals surface area contributed by atoms with Crippen LogP contribution in [-0.4, -0.2) is 6.61 Å². The Hall–Kier alpha value is -1.28. The summed E-state index contributed by atoms with van der Waals surface area (Å²) < 4.78 is 5.61. The van der Waals surface area contributed by atoms with E-state index in [1.807, 2.05) is 25.1 Å². The Labute approximate surface area is 97.1 Å². The molecule has 1 unspecified atom stereocenters. The van der Waals surface area contributed by atoms with Crippen molar-refractivity contribution in [2.75, 3.05) is 6.61 Å². The second-order valence-electron chi connectivity index (χ2n) is 4.12. The first-order chi connectivity index (χ1) is 7.83. The Morgan fingerprint density at radius 1 is 1.38 bits per heavy atom. The predicted octanol–water partition coefficient (Wildman–Crippen LogP) is 3.20. The molecule has 0 spiro atoms. The van der Waals surface area contributed by atoms with Crippen LogP contribution in [0.2, 0.25) is 0 Å². The van der Waals surface area contributed by atoms with Crippen molar-refractivity contribution in [3.63, 3.8) is 0 Å². The molecule has 1 aromatic carbocycles. The maximum atomic E-state index is 6.28. The molecule has 2 N–H and O–H groups in total. The summed E-state index contributed by atoms with van der Waals surface area (Å²) in [7, 11) is 0. The van der Waals surface area contributed by atoms with Crippen molar-refractivity contribution in [3.8, 4) is 5.75 Å². The SMILES string of the molecule is CCOc1ccccc1C(N)C1=CCCC1. The molecular formula is C14H19NO. The van der Waals surface area contributed by atoms with Crippen molar-refractivity contribution in [3.05, 3.63) is 41.5 Å². The van der Waals surface area contributed by atoms with Gasteiger partial charge in [-0.15, -0.1) is 0 Å². The Kier molecular flexibility index (Phi) is 3.62. The van der Waals surface area contributed by atoms with Crippen molar-refractivity contribution in [1.82, 2.24) is 0 Å². The van der Waals surface area contributed by atoms with Crippen LogP contribution in [0.1, 0.15) is 37.8 Å². The standard InChI is InChI=1S/C14H19NO/c1-2-16-13-10-6-5-9-12(13)14(15)11-7-3-4-8-11/h5-7,9-10,14H,2-4,8,15H2,1H3. The fourth-order valence-electron chi connectivity index (χ4n) is 2.20. The molecule has 1 aliphatic rings. The minimum atomic E-state index is 0.00486. The summed E-state index contributed by atoms with van der Waals surface area (Å²) in [5, 5.41) is 0. The van der Waals surface area contributed by atoms with Crippen LogP contribution in [0.3, 0.4) is 0 Å². The Balaban J connectivity index is 2.24. The number of allylic oxidation sites excluding steroid dienone is 1. The van der Waals surface area contributed by atoms with Crippen molar-refractivity contribution in [2.24, 2.45) is 5.73 Å². The second kappa shape index (κ2) is 5.17. The Bertz CT molecular complexity index is 384. The third kappa shape index (κ3) is 2.27. The third-order valence-corrected chi connectivity index (χ3v) is 3.03. The van der Waals surface area contributed by atoms with Crippen molar-refractivity contribution >= 4 is 0 Å². The van der Waals surface area contributed by atoms with Gasteiger partial charge in [0.15, 0.2) is 0 Å². The lowest BCUT2D eigenvalue weighted by atomic mass is 9.98. The highest BCUT2D eigenvalue weighted by atomic mass is 16.5. The first-order valence-electron chi connectivity index (χ1n) is 5.99. The van der Waals surface area contributed by atoms with E-state index in [2.05, 4.69) is 12.1 Å². The topological polar surface area (TPSA) is 35.2 Å². The zero-order valence-corrected chi connectivity index (χ0v) is 9.78. The van der Waals surface area contributed by atoms with Crippen LogP contribution in [-0.2, 0) is 0 Å². The number of hydrogen-bond donors (Lipinski definition) is 1. The summed E-state index contributed by atoms with van der Waals surface area (Å²) in [6, 6.07) is 8.07. The van der Waals surface area contributed by atoms with Crippen LogP contribution < -0.4 is 10.5 Å². The lowest BCUT2D eigenvalue weighted by Crippen LogP contribution is -2.13. The number of ether oxygens (including phenoxy) is 1. The zero-order valence-electron chi connectivity index (χ0n) is 9.78. The fourth-order valence-corrected chi connectivity index (χ4v) is 2.20. The molecule has 0 saturated heterocycles. The van der Waals surface area contributed by atoms with Gasteiger partial charge in [-0.2, -0.15) is 0 Å². The molecule has 0 fully saturated rings. The van der Waals surface area contributed by atoms with Gasteiger partial charge in [0.05, 0.1) is 12.6 Å². The molecule has 0 saturated carbocycles. The van der Waals surface area contributed by atoms with Gasteiger partial charge in [-0.25, -0.2) is 0 Å². The molecule has 2 heteroatoms. The molecule has 2 rings (SSSR count). The molecule has 86 valence electrons. The van der Waals surface area contributed by atoms with Crippen molar-refractivity contribution in [2.45, 2.75) is 32.2 Å². The first-order valence-corrected chi connectivity index (χ1v) is 5.99. The molecule has 1 aromatic rings. The van der Waals surface area contributed by atoms with Crippen LogP contribution in [0.15, 0.2) is 35.9 Å². The lowest BCUT2D eigenvalue weighted by molar-refractivity contribution is 0.335. The van der Waals surface area contributed by atoms with Crippen molar-refractivity contribution < 1.29 is 4.74 Å². The van der Waals surface area contributed by atoms with Crippen LogP contribution in [0, 0.1) is 0 Å². The van der Waals surface area contributed by atoms with E-state index < -0.39 is 0 Å². The van der Waals surface area contributed by atoms with E-state index >= 15 is 0 Å². The number of rotatable bonds is 4. The summed E-state index contributed by atoms with van der Waals surface area (Å²) >= 11 is 0. The average molecular weight is 217 g/mol. The van der Waals surface area contributed by atoms with Gasteiger partial charge < -0.3 is 10.5 Å². The monoisotopic (exact) mass is 217 g/mol. The highest BCUT2D eigenvalue weighted by molar-refractivity contribution is 5.40. The molecule has 0 heterocycles. The Morgan fingerprint density at radius 2 is 2.19 bits per heavy atom. The molecule has 1 aliphatic carbocycles. The maximum absolute atomic E-state index is 6.28. The smallest absolute Gasteiger partial charge is 0.124 e. The molecule has 0 amide bonds. The summed E-state index contributed by atoms with van der Waals surface area (Å²) in [6.45, 7) is 2.68. The lowest BCUT2D eigenvalue weighted by Gasteiger charge is -2.17. The van der Waals surface area contributed by atoms with Crippen LogP contribution in [0.5, 0.6) is 5.75 Å². The molecule has 0 aliphatic heterocycles. The van der Waals surface area contributed by atoms with E-state index in [0.717, 1.165) is 17.7 Å². The maximum Gasteiger partial charge on any atom is 0.124 e. The molecule has 0 bridgehead atoms. The third-order valence-electron chi connectivity index (χ3n) is 3.03. The number of benzene rings is 1. The summed E-state index contributed by atoms with van der Waals surface area (Å²) in [4.78, 5) is 0. The minimum absolute atomic E-state index is 0.00486. The molecule has 0 aromatic heterocycles.